The van der Waals surface area contributed by atoms with E-state index in [1.165, 1.54) is 28.1 Å². The molecule has 0 amide bonds. The fraction of sp³-hybridized carbons (Fsp3) is 0.515. The third-order valence-electron chi connectivity index (χ3n) is 11.0. The second-order valence-electron chi connectivity index (χ2n) is 18.7. The molecule has 0 saturated heterocycles. The minimum Gasteiger partial charge on any atom is -0.491 e. The molecular formula is C68H104O24. The van der Waals surface area contributed by atoms with Gasteiger partial charge in [0.15, 0.2) is 0 Å². The molecule has 4 atom stereocenters. The van der Waals surface area contributed by atoms with E-state index in [0.29, 0.717) is 48.8 Å². The Kier molecular flexibility index (Phi) is 64.6. The Balaban J connectivity index is -0.000000534. The third-order valence-corrected chi connectivity index (χ3v) is 11.0. The minimum atomic E-state index is -1.13. The predicted octanol–water partition coefficient (Wildman–Crippen LogP) is 8.49. The van der Waals surface area contributed by atoms with Crippen molar-refractivity contribution in [2.24, 2.45) is 0 Å². The monoisotopic (exact) mass is 1300 g/mol. The van der Waals surface area contributed by atoms with E-state index in [2.05, 4.69) is 61.3 Å². The molecule has 0 fully saturated rings. The van der Waals surface area contributed by atoms with Gasteiger partial charge in [-0.2, -0.15) is 0 Å². The number of rotatable bonds is 38. The molecule has 520 valence electrons. The molecule has 0 spiro atoms. The number of esters is 5. The molecule has 0 aliphatic heterocycles. The lowest BCUT2D eigenvalue weighted by atomic mass is 9.71. The number of aliphatic hydroxyl groups excluding tert-OH is 4. The van der Waals surface area contributed by atoms with Crippen LogP contribution in [0.1, 0.15) is 137 Å². The van der Waals surface area contributed by atoms with E-state index in [0.717, 1.165) is 67.8 Å². The first-order chi connectivity index (χ1) is 44.0. The molecule has 24 nitrogen and oxygen atoms in total. The highest BCUT2D eigenvalue weighted by molar-refractivity contribution is 5.87. The number of ether oxygens (including phenoxy) is 11. The van der Waals surface area contributed by atoms with Gasteiger partial charge in [-0.05, 0) is 93.6 Å². The summed E-state index contributed by atoms with van der Waals surface area (Å²) in [6.07, 6.45) is 4.85. The highest BCUT2D eigenvalue weighted by Crippen LogP contribution is 2.40. The molecule has 3 aromatic carbocycles. The Morgan fingerprint density at radius 3 is 1.17 bits per heavy atom. The predicted molar refractivity (Wildman–Crippen MR) is 347 cm³/mol. The SMILES string of the molecule is C=C.C=C(C)C(=O)OCCCOC=O.C=C(C)C(=O)OCCOC(=O)CCC(=O)OCC(O)COc1ccc(C(C)(c2ccc(OCC(O)CO)cc2)c2ccc(OCC(O)COC)cc2)cc1.CC.CCCCC=O.CCCCC=O.CCOC=O.COC(C)=O. The van der Waals surface area contributed by atoms with Gasteiger partial charge in [0, 0.05) is 49.9 Å². The summed E-state index contributed by atoms with van der Waals surface area (Å²) in [6, 6.07) is 22.3. The fourth-order valence-electron chi connectivity index (χ4n) is 6.14. The molecule has 92 heavy (non-hydrogen) atoms. The van der Waals surface area contributed by atoms with E-state index in [-0.39, 0.29) is 83.8 Å². The Morgan fingerprint density at radius 1 is 0.511 bits per heavy atom. The number of aldehydes is 2. The normalized spacial score (nSPS) is 11.1. The van der Waals surface area contributed by atoms with E-state index in [1.54, 1.807) is 38.1 Å². The van der Waals surface area contributed by atoms with E-state index < -0.39 is 54.2 Å². The average molecular weight is 1310 g/mol. The molecule has 4 N–H and O–H groups in total. The summed E-state index contributed by atoms with van der Waals surface area (Å²) in [5.41, 5.74) is 2.66. The quantitative estimate of drug-likeness (QED) is 0.00794. The van der Waals surface area contributed by atoms with Crippen LogP contribution in [-0.2, 0) is 86.5 Å². The van der Waals surface area contributed by atoms with Gasteiger partial charge in [0.1, 0.15) is 87.8 Å². The number of unbranched alkanes of at least 4 members (excludes halogenated alkanes) is 4. The second kappa shape index (κ2) is 64.2. The summed E-state index contributed by atoms with van der Waals surface area (Å²) >= 11 is 0. The van der Waals surface area contributed by atoms with Crippen molar-refractivity contribution in [2.45, 2.75) is 144 Å². The second-order valence-corrected chi connectivity index (χ2v) is 18.7. The molecular weight excluding hydrogens is 1200 g/mol. The Labute approximate surface area is 544 Å². The third kappa shape index (κ3) is 51.5. The average Bonchev–Trinajstić information content (AvgIpc) is 0.776. The van der Waals surface area contributed by atoms with Crippen LogP contribution in [0, 0.1) is 0 Å². The largest absolute Gasteiger partial charge is 0.491 e. The van der Waals surface area contributed by atoms with Crippen molar-refractivity contribution in [3.8, 4) is 17.2 Å². The van der Waals surface area contributed by atoms with Crippen molar-refractivity contribution in [3.05, 3.63) is 127 Å². The molecule has 0 aromatic heterocycles. The van der Waals surface area contributed by atoms with Crippen LogP contribution in [0.15, 0.2) is 110 Å². The Bertz CT molecular complexity index is 2380. The first kappa shape index (κ1) is 92.4. The molecule has 24 heteroatoms. The maximum absolute atomic E-state index is 12.1. The summed E-state index contributed by atoms with van der Waals surface area (Å²) in [5.74, 6) is -1.05. The lowest BCUT2D eigenvalue weighted by Crippen LogP contribution is -2.26. The van der Waals surface area contributed by atoms with Gasteiger partial charge in [-0.1, -0.05) is 90.1 Å². The van der Waals surface area contributed by atoms with E-state index >= 15 is 0 Å². The standard InChI is InChI=1S/C40H50O14.C8H12O4.2C5H10O.2C3H6O2.C2H6.C2H4/c1-27(2)39(47)50-20-19-49-37(45)17-18-38(46)54-26-33(44)25-53-36-15-9-30(10-16-36)40(3,28-5-11-34(12-6-28)51-23-31(42)21-41)29-7-13-35(14-8-29)52-24-32(43)22-48-4;1-7(2)8(10)12-5-3-4-11-6-9;2*1-2-3-4-5-6;1-3(4)5-2;1-2-5-3-4;2*1-2/h5-16,31-33,41-44H,1,17-26H2,2-4H3;6H,1,3-5H2,2H3;2*5H,2-4H2,1H3;1-2H3;3H,2H2,1H3;1-2H3;1-2H2. The topological polar surface area (TPSA) is 336 Å². The Morgan fingerprint density at radius 2 is 0.870 bits per heavy atom. The van der Waals surface area contributed by atoms with Crippen LogP contribution >= 0.6 is 0 Å². The molecule has 0 saturated carbocycles. The van der Waals surface area contributed by atoms with Crippen molar-refractivity contribution in [1.29, 1.82) is 0 Å². The van der Waals surface area contributed by atoms with E-state index in [9.17, 15) is 58.5 Å². The molecule has 3 rings (SSSR count). The van der Waals surface area contributed by atoms with Gasteiger partial charge in [0.05, 0.1) is 53.0 Å². The molecule has 4 unspecified atom stereocenters. The van der Waals surface area contributed by atoms with Crippen LogP contribution < -0.4 is 14.2 Å². The maximum Gasteiger partial charge on any atom is 0.333 e. The zero-order chi connectivity index (χ0) is 71.0. The van der Waals surface area contributed by atoms with Gasteiger partial charge >= 0.3 is 29.8 Å². The van der Waals surface area contributed by atoms with E-state index in [1.807, 2.05) is 62.4 Å². The highest BCUT2D eigenvalue weighted by Gasteiger charge is 2.32. The van der Waals surface area contributed by atoms with Gasteiger partial charge < -0.3 is 82.1 Å². The summed E-state index contributed by atoms with van der Waals surface area (Å²) < 4.78 is 54.2. The summed E-state index contributed by atoms with van der Waals surface area (Å²) in [7, 11) is 2.85. The molecule has 3 aromatic rings. The van der Waals surface area contributed by atoms with Crippen LogP contribution in [0.3, 0.4) is 0 Å². The number of benzene rings is 3. The van der Waals surface area contributed by atoms with Crippen LogP contribution in [0.4, 0.5) is 0 Å². The number of carbonyl (C=O) groups is 9. The molecule has 0 aliphatic carbocycles. The fourth-order valence-corrected chi connectivity index (χ4v) is 6.14. The first-order valence-electron chi connectivity index (χ1n) is 29.9. The van der Waals surface area contributed by atoms with Crippen LogP contribution in [0.25, 0.3) is 0 Å². The van der Waals surface area contributed by atoms with Gasteiger partial charge in [-0.3, -0.25) is 24.0 Å². The zero-order valence-corrected chi connectivity index (χ0v) is 55.9. The summed E-state index contributed by atoms with van der Waals surface area (Å²) in [4.78, 5) is 93.5. The van der Waals surface area contributed by atoms with Crippen molar-refractivity contribution >= 4 is 55.4 Å². The zero-order valence-electron chi connectivity index (χ0n) is 55.9. The minimum absolute atomic E-state index is 0.0539. The highest BCUT2D eigenvalue weighted by atomic mass is 16.6. The lowest BCUT2D eigenvalue weighted by Gasteiger charge is -2.32. The van der Waals surface area contributed by atoms with Gasteiger partial charge in [-0.25, -0.2) is 9.59 Å². The van der Waals surface area contributed by atoms with Crippen LogP contribution in [-0.4, -0.2) is 181 Å². The van der Waals surface area contributed by atoms with Crippen molar-refractivity contribution in [1.82, 2.24) is 0 Å². The number of methoxy groups -OCH3 is 2. The van der Waals surface area contributed by atoms with Crippen molar-refractivity contribution in [3.63, 3.8) is 0 Å². The lowest BCUT2D eigenvalue weighted by molar-refractivity contribution is -0.154. The molecule has 0 radical (unpaired) electrons. The van der Waals surface area contributed by atoms with Gasteiger partial charge in [0.2, 0.25) is 0 Å². The van der Waals surface area contributed by atoms with Gasteiger partial charge in [0.25, 0.3) is 12.9 Å². The molecule has 0 aliphatic rings. The smallest absolute Gasteiger partial charge is 0.333 e. The summed E-state index contributed by atoms with van der Waals surface area (Å²) in [6.45, 7) is 30.0. The molecule has 0 heterocycles. The van der Waals surface area contributed by atoms with Crippen molar-refractivity contribution in [2.75, 3.05) is 86.9 Å². The van der Waals surface area contributed by atoms with Crippen LogP contribution in [0.2, 0.25) is 0 Å². The maximum atomic E-state index is 12.1. The van der Waals surface area contributed by atoms with Gasteiger partial charge in [-0.15, -0.1) is 13.2 Å². The molecule has 0 bridgehead atoms. The summed E-state index contributed by atoms with van der Waals surface area (Å²) in [5, 5.41) is 39.1. The number of carbonyl (C=O) groups excluding carboxylic acids is 9. The number of hydrogen-bond acceptors (Lipinski definition) is 24. The van der Waals surface area contributed by atoms with Crippen molar-refractivity contribution < 1.29 is 116 Å². The van der Waals surface area contributed by atoms with E-state index in [4.69, 9.17) is 43.0 Å². The Hall–Kier alpha value is -8.29. The number of aliphatic hydroxyl groups is 4. The first-order valence-corrected chi connectivity index (χ1v) is 29.9. The number of hydrogen-bond donors (Lipinski definition) is 4. The van der Waals surface area contributed by atoms with Crippen LogP contribution in [0.5, 0.6) is 17.2 Å².